The lowest BCUT2D eigenvalue weighted by Crippen LogP contribution is -2.49. The van der Waals surface area contributed by atoms with E-state index in [1.807, 2.05) is 45.9 Å². The van der Waals surface area contributed by atoms with E-state index in [1.165, 1.54) is 0 Å². The number of hydrogen-bond acceptors (Lipinski definition) is 5. The molecule has 1 aromatic rings. The second-order valence-corrected chi connectivity index (χ2v) is 7.47. The molecule has 138 valence electrons. The Balaban J connectivity index is 2.09. The normalized spacial score (nSPS) is 17.0. The highest BCUT2D eigenvalue weighted by Gasteiger charge is 2.44. The largest absolute Gasteiger partial charge is 0.466 e. The summed E-state index contributed by atoms with van der Waals surface area (Å²) in [5.74, 6) is -0.204. The molecular formula is C19H28N2O4. The maximum Gasteiger partial charge on any atom is 0.410 e. The van der Waals surface area contributed by atoms with Gasteiger partial charge in [0.05, 0.1) is 12.0 Å². The highest BCUT2D eigenvalue weighted by molar-refractivity contribution is 5.78. The first-order chi connectivity index (χ1) is 11.8. The second kappa shape index (κ2) is 7.85. The number of hydrogen-bond donors (Lipinski definition) is 0. The zero-order valence-corrected chi connectivity index (χ0v) is 15.6. The third kappa shape index (κ3) is 5.18. The van der Waals surface area contributed by atoms with E-state index in [1.54, 1.807) is 11.1 Å². The molecule has 6 heteroatoms. The summed E-state index contributed by atoms with van der Waals surface area (Å²) >= 11 is 0. The van der Waals surface area contributed by atoms with Crippen LogP contribution in [0.5, 0.6) is 0 Å². The van der Waals surface area contributed by atoms with Crippen molar-refractivity contribution in [3.8, 4) is 0 Å². The summed E-state index contributed by atoms with van der Waals surface area (Å²) in [5, 5.41) is 0. The Morgan fingerprint density at radius 3 is 2.44 bits per heavy atom. The van der Waals surface area contributed by atoms with Crippen molar-refractivity contribution >= 4 is 12.1 Å². The van der Waals surface area contributed by atoms with Crippen LogP contribution in [0.4, 0.5) is 4.79 Å². The van der Waals surface area contributed by atoms with Crippen LogP contribution >= 0.6 is 0 Å². The minimum Gasteiger partial charge on any atom is -0.466 e. The van der Waals surface area contributed by atoms with Crippen molar-refractivity contribution in [3.05, 3.63) is 30.1 Å². The molecule has 0 N–H and O–H groups in total. The van der Waals surface area contributed by atoms with Gasteiger partial charge in [0.15, 0.2) is 0 Å². The number of rotatable bonds is 4. The standard InChI is InChI=1S/C19H28N2O4/c1-5-24-16(22)19(14-15-8-6-7-11-20-15)9-12-21(13-10-19)17(23)25-18(2,3)4/h6-8,11H,5,9-10,12-14H2,1-4H3. The van der Waals surface area contributed by atoms with Crippen molar-refractivity contribution in [3.63, 3.8) is 0 Å². The van der Waals surface area contributed by atoms with Crippen molar-refractivity contribution in [1.82, 2.24) is 9.88 Å². The maximum atomic E-state index is 12.6. The fourth-order valence-electron chi connectivity index (χ4n) is 3.03. The molecule has 1 aliphatic rings. The van der Waals surface area contributed by atoms with Gasteiger partial charge in [0.1, 0.15) is 5.60 Å². The molecule has 0 saturated carbocycles. The monoisotopic (exact) mass is 348 g/mol. The van der Waals surface area contributed by atoms with E-state index in [0.717, 1.165) is 5.69 Å². The minimum absolute atomic E-state index is 0.204. The quantitative estimate of drug-likeness (QED) is 0.782. The summed E-state index contributed by atoms with van der Waals surface area (Å²) in [6.07, 6.45) is 3.00. The lowest BCUT2D eigenvalue weighted by molar-refractivity contribution is -0.158. The third-order valence-electron chi connectivity index (χ3n) is 4.33. The summed E-state index contributed by atoms with van der Waals surface area (Å²) in [6, 6.07) is 5.68. The number of ether oxygens (including phenoxy) is 2. The summed E-state index contributed by atoms with van der Waals surface area (Å²) < 4.78 is 10.8. The Bertz CT molecular complexity index is 587. The number of amides is 1. The van der Waals surface area contributed by atoms with Crippen LogP contribution in [-0.2, 0) is 20.7 Å². The molecule has 0 aliphatic carbocycles. The van der Waals surface area contributed by atoms with E-state index in [-0.39, 0.29) is 12.1 Å². The maximum absolute atomic E-state index is 12.6. The van der Waals surface area contributed by atoms with Crippen LogP contribution in [0.25, 0.3) is 0 Å². The topological polar surface area (TPSA) is 68.7 Å². The molecule has 1 aromatic heterocycles. The molecule has 1 fully saturated rings. The molecule has 1 amide bonds. The Morgan fingerprint density at radius 2 is 1.92 bits per heavy atom. The number of carbonyl (C=O) groups is 2. The van der Waals surface area contributed by atoms with Gasteiger partial charge in [-0.05, 0) is 52.7 Å². The Morgan fingerprint density at radius 1 is 1.24 bits per heavy atom. The predicted octanol–water partition coefficient (Wildman–Crippen LogP) is 3.20. The van der Waals surface area contributed by atoms with Crippen LogP contribution in [0, 0.1) is 5.41 Å². The molecule has 0 radical (unpaired) electrons. The van der Waals surface area contributed by atoms with Crippen molar-refractivity contribution < 1.29 is 19.1 Å². The average molecular weight is 348 g/mol. The van der Waals surface area contributed by atoms with Crippen molar-refractivity contribution in [2.24, 2.45) is 5.41 Å². The number of pyridine rings is 1. The Kier molecular flexibility index (Phi) is 6.03. The van der Waals surface area contributed by atoms with Gasteiger partial charge in [0.25, 0.3) is 0 Å². The van der Waals surface area contributed by atoms with Crippen LogP contribution in [0.1, 0.15) is 46.2 Å². The Labute approximate surface area is 149 Å². The van der Waals surface area contributed by atoms with E-state index in [2.05, 4.69) is 4.98 Å². The number of esters is 1. The molecule has 1 aliphatic heterocycles. The summed E-state index contributed by atoms with van der Waals surface area (Å²) in [5.41, 5.74) is -0.301. The minimum atomic E-state index is -0.636. The summed E-state index contributed by atoms with van der Waals surface area (Å²) in [4.78, 5) is 30.9. The number of piperidine rings is 1. The van der Waals surface area contributed by atoms with Crippen molar-refractivity contribution in [2.45, 2.75) is 52.6 Å². The highest BCUT2D eigenvalue weighted by atomic mass is 16.6. The van der Waals surface area contributed by atoms with E-state index in [0.29, 0.717) is 39.0 Å². The third-order valence-corrected chi connectivity index (χ3v) is 4.33. The molecule has 1 saturated heterocycles. The molecule has 6 nitrogen and oxygen atoms in total. The van der Waals surface area contributed by atoms with Crippen LogP contribution in [0.3, 0.4) is 0 Å². The van der Waals surface area contributed by atoms with E-state index in [9.17, 15) is 9.59 Å². The van der Waals surface area contributed by atoms with Crippen LogP contribution in [0.2, 0.25) is 0 Å². The zero-order valence-electron chi connectivity index (χ0n) is 15.6. The number of likely N-dealkylation sites (tertiary alicyclic amines) is 1. The van der Waals surface area contributed by atoms with E-state index < -0.39 is 11.0 Å². The first-order valence-electron chi connectivity index (χ1n) is 8.81. The molecule has 25 heavy (non-hydrogen) atoms. The number of aromatic nitrogens is 1. The Hall–Kier alpha value is -2.11. The predicted molar refractivity (Wildman–Crippen MR) is 94.0 cm³/mol. The van der Waals surface area contributed by atoms with Gasteiger partial charge in [0.2, 0.25) is 0 Å². The molecule has 0 spiro atoms. The van der Waals surface area contributed by atoms with E-state index in [4.69, 9.17) is 9.47 Å². The molecule has 0 unspecified atom stereocenters. The first-order valence-corrected chi connectivity index (χ1v) is 8.81. The van der Waals surface area contributed by atoms with Gasteiger partial charge in [-0.15, -0.1) is 0 Å². The van der Waals surface area contributed by atoms with Crippen LogP contribution in [-0.4, -0.2) is 47.2 Å². The molecular weight excluding hydrogens is 320 g/mol. The second-order valence-electron chi connectivity index (χ2n) is 7.47. The van der Waals surface area contributed by atoms with Gasteiger partial charge in [-0.1, -0.05) is 6.07 Å². The first kappa shape index (κ1) is 19.2. The molecule has 0 aromatic carbocycles. The van der Waals surface area contributed by atoms with Gasteiger partial charge >= 0.3 is 12.1 Å². The van der Waals surface area contributed by atoms with Crippen molar-refractivity contribution in [2.75, 3.05) is 19.7 Å². The number of nitrogens with zero attached hydrogens (tertiary/aromatic N) is 2. The fourth-order valence-corrected chi connectivity index (χ4v) is 3.03. The lowest BCUT2D eigenvalue weighted by atomic mass is 9.74. The zero-order chi connectivity index (χ0) is 18.5. The smallest absolute Gasteiger partial charge is 0.410 e. The number of carbonyl (C=O) groups excluding carboxylic acids is 2. The van der Waals surface area contributed by atoms with Gasteiger partial charge in [0, 0.05) is 31.4 Å². The van der Waals surface area contributed by atoms with Gasteiger partial charge in [-0.3, -0.25) is 9.78 Å². The summed E-state index contributed by atoms with van der Waals surface area (Å²) in [7, 11) is 0. The molecule has 2 rings (SSSR count). The molecule has 0 bridgehead atoms. The molecule has 2 heterocycles. The molecule has 0 atom stereocenters. The van der Waals surface area contributed by atoms with Crippen LogP contribution < -0.4 is 0 Å². The summed E-state index contributed by atoms with van der Waals surface area (Å²) in [6.45, 7) is 8.64. The highest BCUT2D eigenvalue weighted by Crippen LogP contribution is 2.36. The van der Waals surface area contributed by atoms with Gasteiger partial charge in [-0.25, -0.2) is 4.79 Å². The van der Waals surface area contributed by atoms with Crippen LogP contribution in [0.15, 0.2) is 24.4 Å². The fraction of sp³-hybridized carbons (Fsp3) is 0.632. The average Bonchev–Trinajstić information content (AvgIpc) is 2.55. The van der Waals surface area contributed by atoms with Gasteiger partial charge in [-0.2, -0.15) is 0 Å². The van der Waals surface area contributed by atoms with E-state index >= 15 is 0 Å². The van der Waals surface area contributed by atoms with Gasteiger partial charge < -0.3 is 14.4 Å². The van der Waals surface area contributed by atoms with Crippen molar-refractivity contribution in [1.29, 1.82) is 0 Å². The lowest BCUT2D eigenvalue weighted by Gasteiger charge is -2.40. The SMILES string of the molecule is CCOC(=O)C1(Cc2ccccn2)CCN(C(=O)OC(C)(C)C)CC1.